The van der Waals surface area contributed by atoms with E-state index in [2.05, 4.69) is 19.2 Å². The van der Waals surface area contributed by atoms with E-state index in [4.69, 9.17) is 10.5 Å². The average Bonchev–Trinajstić information content (AvgIpc) is 2.28. The molecule has 4 nitrogen and oxygen atoms in total. The molecule has 0 unspecified atom stereocenters. The number of nitrogens with two attached hydrogens (primary N) is 1. The molecule has 0 bridgehead atoms. The van der Waals surface area contributed by atoms with Gasteiger partial charge >= 0.3 is 0 Å². The first-order valence-corrected chi connectivity index (χ1v) is 6.11. The molecule has 1 aliphatic heterocycles. The number of amides is 1. The van der Waals surface area contributed by atoms with E-state index in [1.807, 2.05) is 0 Å². The van der Waals surface area contributed by atoms with Gasteiger partial charge in [0.05, 0.1) is 0 Å². The van der Waals surface area contributed by atoms with Gasteiger partial charge in [0.25, 0.3) is 0 Å². The summed E-state index contributed by atoms with van der Waals surface area (Å²) in [6, 6.07) is 0. The first-order valence-electron chi connectivity index (χ1n) is 6.11. The van der Waals surface area contributed by atoms with Gasteiger partial charge in [-0.15, -0.1) is 0 Å². The van der Waals surface area contributed by atoms with Crippen LogP contribution in [0, 0.1) is 11.3 Å². The summed E-state index contributed by atoms with van der Waals surface area (Å²) in [5.41, 5.74) is 5.48. The summed E-state index contributed by atoms with van der Waals surface area (Å²) in [5, 5.41) is 2.96. The minimum absolute atomic E-state index is 0.0580. The number of rotatable bonds is 5. The highest BCUT2D eigenvalue weighted by Gasteiger charge is 2.31. The van der Waals surface area contributed by atoms with E-state index in [0.29, 0.717) is 18.9 Å². The standard InChI is InChI=1S/C12H24N2O2/c1-12(2,9-14-11(15)3-6-13)10-4-7-16-8-5-10/h10H,3-9,13H2,1-2H3,(H,14,15). The van der Waals surface area contributed by atoms with E-state index in [-0.39, 0.29) is 11.3 Å². The first kappa shape index (κ1) is 13.5. The lowest BCUT2D eigenvalue weighted by Gasteiger charge is -2.37. The van der Waals surface area contributed by atoms with Crippen LogP contribution >= 0.6 is 0 Å². The zero-order valence-corrected chi connectivity index (χ0v) is 10.4. The fraction of sp³-hybridized carbons (Fsp3) is 0.917. The summed E-state index contributed by atoms with van der Waals surface area (Å²) in [5.74, 6) is 0.696. The predicted molar refractivity (Wildman–Crippen MR) is 64.0 cm³/mol. The van der Waals surface area contributed by atoms with Crippen LogP contribution in [0.2, 0.25) is 0 Å². The summed E-state index contributed by atoms with van der Waals surface area (Å²) in [4.78, 5) is 11.4. The Morgan fingerprint density at radius 2 is 2.06 bits per heavy atom. The highest BCUT2D eigenvalue weighted by Crippen LogP contribution is 2.33. The zero-order chi connectivity index (χ0) is 12.0. The lowest BCUT2D eigenvalue weighted by Crippen LogP contribution is -2.41. The number of carbonyl (C=O) groups excluding carboxylic acids is 1. The third kappa shape index (κ3) is 4.10. The molecule has 4 heteroatoms. The second-order valence-corrected chi connectivity index (χ2v) is 5.19. The van der Waals surface area contributed by atoms with Gasteiger partial charge in [-0.05, 0) is 24.2 Å². The van der Waals surface area contributed by atoms with Gasteiger partial charge in [-0.25, -0.2) is 0 Å². The molecule has 1 saturated heterocycles. The van der Waals surface area contributed by atoms with Crippen LogP contribution in [0.4, 0.5) is 0 Å². The molecule has 0 aromatic heterocycles. The summed E-state index contributed by atoms with van der Waals surface area (Å²) >= 11 is 0. The topological polar surface area (TPSA) is 64.4 Å². The second-order valence-electron chi connectivity index (χ2n) is 5.19. The molecule has 16 heavy (non-hydrogen) atoms. The maximum atomic E-state index is 11.4. The van der Waals surface area contributed by atoms with Gasteiger partial charge < -0.3 is 15.8 Å². The molecule has 1 fully saturated rings. The second kappa shape index (κ2) is 6.21. The normalized spacial score (nSPS) is 18.4. The highest BCUT2D eigenvalue weighted by molar-refractivity contribution is 5.76. The summed E-state index contributed by atoms with van der Waals surface area (Å²) in [7, 11) is 0. The Bertz CT molecular complexity index is 223. The van der Waals surface area contributed by atoms with Crippen molar-refractivity contribution in [1.82, 2.24) is 5.32 Å². The largest absolute Gasteiger partial charge is 0.381 e. The third-order valence-electron chi connectivity index (χ3n) is 3.44. The van der Waals surface area contributed by atoms with Gasteiger partial charge in [0.1, 0.15) is 0 Å². The number of hydrogen-bond acceptors (Lipinski definition) is 3. The number of hydrogen-bond donors (Lipinski definition) is 2. The van der Waals surface area contributed by atoms with Crippen LogP contribution in [-0.2, 0) is 9.53 Å². The number of carbonyl (C=O) groups is 1. The first-order chi connectivity index (χ1) is 7.56. The van der Waals surface area contributed by atoms with E-state index in [0.717, 1.165) is 32.6 Å². The Kier molecular flexibility index (Phi) is 5.22. The van der Waals surface area contributed by atoms with Crippen molar-refractivity contribution in [2.75, 3.05) is 26.3 Å². The molecule has 0 spiro atoms. The summed E-state index contributed by atoms with van der Waals surface area (Å²) in [6.07, 6.45) is 2.61. The van der Waals surface area contributed by atoms with Gasteiger partial charge in [-0.3, -0.25) is 4.79 Å². The van der Waals surface area contributed by atoms with E-state index >= 15 is 0 Å². The fourth-order valence-corrected chi connectivity index (χ4v) is 2.17. The van der Waals surface area contributed by atoms with E-state index in [1.165, 1.54) is 0 Å². The summed E-state index contributed by atoms with van der Waals surface area (Å²) in [6.45, 7) is 7.28. The maximum absolute atomic E-state index is 11.4. The van der Waals surface area contributed by atoms with Crippen LogP contribution in [0.3, 0.4) is 0 Å². The van der Waals surface area contributed by atoms with Crippen molar-refractivity contribution in [3.05, 3.63) is 0 Å². The molecule has 0 aliphatic carbocycles. The molecule has 0 aromatic carbocycles. The number of nitrogens with one attached hydrogen (secondary N) is 1. The third-order valence-corrected chi connectivity index (χ3v) is 3.44. The Balaban J connectivity index is 2.34. The van der Waals surface area contributed by atoms with E-state index < -0.39 is 0 Å². The Labute approximate surface area is 97.9 Å². The van der Waals surface area contributed by atoms with Crippen molar-refractivity contribution >= 4 is 5.91 Å². The maximum Gasteiger partial charge on any atom is 0.221 e. The molecule has 1 aliphatic rings. The minimum Gasteiger partial charge on any atom is -0.381 e. The predicted octanol–water partition coefficient (Wildman–Crippen LogP) is 0.904. The number of ether oxygens (including phenoxy) is 1. The molecule has 0 saturated carbocycles. The summed E-state index contributed by atoms with van der Waals surface area (Å²) < 4.78 is 5.36. The monoisotopic (exact) mass is 228 g/mol. The minimum atomic E-state index is 0.0580. The van der Waals surface area contributed by atoms with Crippen LogP contribution in [0.5, 0.6) is 0 Å². The van der Waals surface area contributed by atoms with Crippen molar-refractivity contribution < 1.29 is 9.53 Å². The van der Waals surface area contributed by atoms with Crippen LogP contribution in [0.15, 0.2) is 0 Å². The van der Waals surface area contributed by atoms with Gasteiger partial charge in [0.15, 0.2) is 0 Å². The molecule has 0 atom stereocenters. The quantitative estimate of drug-likeness (QED) is 0.735. The average molecular weight is 228 g/mol. The van der Waals surface area contributed by atoms with Crippen LogP contribution in [0.1, 0.15) is 33.1 Å². The van der Waals surface area contributed by atoms with Crippen molar-refractivity contribution in [2.24, 2.45) is 17.1 Å². The lowest BCUT2D eigenvalue weighted by atomic mass is 9.74. The van der Waals surface area contributed by atoms with Crippen LogP contribution in [0.25, 0.3) is 0 Å². The van der Waals surface area contributed by atoms with Gasteiger partial charge in [0.2, 0.25) is 5.91 Å². The zero-order valence-electron chi connectivity index (χ0n) is 10.4. The molecule has 1 rings (SSSR count). The molecule has 1 amide bonds. The van der Waals surface area contributed by atoms with Crippen molar-refractivity contribution in [2.45, 2.75) is 33.1 Å². The highest BCUT2D eigenvalue weighted by atomic mass is 16.5. The smallest absolute Gasteiger partial charge is 0.221 e. The lowest BCUT2D eigenvalue weighted by molar-refractivity contribution is -0.121. The fourth-order valence-electron chi connectivity index (χ4n) is 2.17. The van der Waals surface area contributed by atoms with Crippen LogP contribution < -0.4 is 11.1 Å². The van der Waals surface area contributed by atoms with Crippen molar-refractivity contribution in [1.29, 1.82) is 0 Å². The molecule has 0 aromatic rings. The van der Waals surface area contributed by atoms with E-state index in [1.54, 1.807) is 0 Å². The SMILES string of the molecule is CC(C)(CNC(=O)CCN)C1CCOCC1. The van der Waals surface area contributed by atoms with Gasteiger partial charge in [0, 0.05) is 32.7 Å². The Hall–Kier alpha value is -0.610. The molecular weight excluding hydrogens is 204 g/mol. The van der Waals surface area contributed by atoms with Crippen molar-refractivity contribution in [3.63, 3.8) is 0 Å². The van der Waals surface area contributed by atoms with Crippen LogP contribution in [-0.4, -0.2) is 32.2 Å². The Morgan fingerprint density at radius 1 is 1.44 bits per heavy atom. The van der Waals surface area contributed by atoms with E-state index in [9.17, 15) is 4.79 Å². The molecule has 94 valence electrons. The Morgan fingerprint density at radius 3 is 2.62 bits per heavy atom. The van der Waals surface area contributed by atoms with Gasteiger partial charge in [-0.1, -0.05) is 13.8 Å². The molecular formula is C12H24N2O2. The molecule has 0 radical (unpaired) electrons. The van der Waals surface area contributed by atoms with Crippen molar-refractivity contribution in [3.8, 4) is 0 Å². The van der Waals surface area contributed by atoms with Gasteiger partial charge in [-0.2, -0.15) is 0 Å². The molecule has 1 heterocycles. The molecule has 3 N–H and O–H groups in total.